The first kappa shape index (κ1) is 13.1. The first-order valence-electron chi connectivity index (χ1n) is 6.74. The van der Waals surface area contributed by atoms with Crippen molar-refractivity contribution in [3.8, 4) is 0 Å². The number of hydrogen-bond acceptors (Lipinski definition) is 1. The average Bonchev–Trinajstić information content (AvgIpc) is 2.60. The number of nitrogens with zero attached hydrogens (tertiary/aromatic N) is 2. The standard InChI is InChI=1S/C13H26N2OS/c1-14-8-9-15(13(14)16)12-6-4-11(5-7-12)10-17(2)3/h11-12,17H,4-10H2,1-3H3/t11-,12-. The first-order chi connectivity index (χ1) is 8.08. The fourth-order valence-corrected chi connectivity index (χ4v) is 4.56. The maximum Gasteiger partial charge on any atom is 0.320 e. The minimum Gasteiger partial charge on any atom is -0.326 e. The third-order valence-electron chi connectivity index (χ3n) is 4.13. The van der Waals surface area contributed by atoms with E-state index in [0.717, 1.165) is 19.0 Å². The van der Waals surface area contributed by atoms with Crippen molar-refractivity contribution in [2.45, 2.75) is 31.7 Å². The molecule has 0 spiro atoms. The molecule has 2 fully saturated rings. The molecule has 1 aliphatic carbocycles. The van der Waals surface area contributed by atoms with E-state index in [1.165, 1.54) is 31.4 Å². The number of carbonyl (C=O) groups is 1. The van der Waals surface area contributed by atoms with E-state index in [0.29, 0.717) is 6.04 Å². The Kier molecular flexibility index (Phi) is 4.23. The number of likely N-dealkylation sites (N-methyl/N-ethyl adjacent to an activating group) is 1. The van der Waals surface area contributed by atoms with E-state index < -0.39 is 0 Å². The number of urea groups is 1. The second-order valence-electron chi connectivity index (χ2n) is 5.83. The van der Waals surface area contributed by atoms with E-state index in [4.69, 9.17) is 0 Å². The van der Waals surface area contributed by atoms with Crippen LogP contribution in [-0.2, 0) is 0 Å². The van der Waals surface area contributed by atoms with Crippen LogP contribution in [0.1, 0.15) is 25.7 Å². The van der Waals surface area contributed by atoms with Crippen molar-refractivity contribution in [3.05, 3.63) is 0 Å². The smallest absolute Gasteiger partial charge is 0.320 e. The zero-order valence-corrected chi connectivity index (χ0v) is 12.2. The average molecular weight is 258 g/mol. The lowest BCUT2D eigenvalue weighted by atomic mass is 9.86. The second kappa shape index (κ2) is 5.51. The Balaban J connectivity index is 1.81. The fourth-order valence-electron chi connectivity index (χ4n) is 3.16. The highest BCUT2D eigenvalue weighted by Gasteiger charge is 2.33. The SMILES string of the molecule is CN1CCN([C@H]2CC[C@H](C[SH](C)C)CC2)C1=O. The molecule has 2 amide bonds. The van der Waals surface area contributed by atoms with Gasteiger partial charge in [-0.15, -0.1) is 0 Å². The molecule has 0 aromatic heterocycles. The molecule has 100 valence electrons. The molecule has 0 radical (unpaired) electrons. The molecule has 0 unspecified atom stereocenters. The molecule has 0 atom stereocenters. The number of thiol groups is 1. The van der Waals surface area contributed by atoms with Gasteiger partial charge in [-0.3, -0.25) is 10.9 Å². The monoisotopic (exact) mass is 258 g/mol. The van der Waals surface area contributed by atoms with Crippen LogP contribution in [0.3, 0.4) is 0 Å². The summed E-state index contributed by atoms with van der Waals surface area (Å²) in [6.45, 7) is 1.85. The van der Waals surface area contributed by atoms with Gasteiger partial charge in [-0.25, -0.2) is 4.79 Å². The summed E-state index contributed by atoms with van der Waals surface area (Å²) in [5.74, 6) is 2.36. The lowest BCUT2D eigenvalue weighted by Gasteiger charge is -2.35. The van der Waals surface area contributed by atoms with Gasteiger partial charge in [0.1, 0.15) is 0 Å². The van der Waals surface area contributed by atoms with Gasteiger partial charge in [-0.2, -0.15) is 0 Å². The quantitative estimate of drug-likeness (QED) is 0.771. The minimum atomic E-state index is 0.247. The summed E-state index contributed by atoms with van der Waals surface area (Å²) in [6, 6.07) is 0.783. The molecule has 1 aliphatic heterocycles. The Morgan fingerprint density at radius 2 is 1.82 bits per heavy atom. The summed E-state index contributed by atoms with van der Waals surface area (Å²) < 4.78 is 0. The van der Waals surface area contributed by atoms with Crippen LogP contribution in [0.2, 0.25) is 0 Å². The van der Waals surface area contributed by atoms with E-state index in [1.807, 2.05) is 11.9 Å². The van der Waals surface area contributed by atoms with Gasteiger partial charge in [0.2, 0.25) is 0 Å². The van der Waals surface area contributed by atoms with Crippen molar-refractivity contribution in [1.29, 1.82) is 0 Å². The number of carbonyl (C=O) groups excluding carboxylic acids is 1. The molecule has 0 bridgehead atoms. The van der Waals surface area contributed by atoms with Crippen LogP contribution in [0.5, 0.6) is 0 Å². The predicted molar refractivity (Wildman–Crippen MR) is 76.2 cm³/mol. The summed E-state index contributed by atoms with van der Waals surface area (Å²) in [5, 5.41) is 0. The van der Waals surface area contributed by atoms with E-state index in [9.17, 15) is 4.79 Å². The Labute approximate surface area is 108 Å². The van der Waals surface area contributed by atoms with Crippen LogP contribution in [-0.4, -0.2) is 60.3 Å². The Bertz CT molecular complexity index is 275. The normalized spacial score (nSPS) is 31.0. The lowest BCUT2D eigenvalue weighted by molar-refractivity contribution is 0.159. The van der Waals surface area contributed by atoms with E-state index in [2.05, 4.69) is 17.4 Å². The molecule has 0 aromatic carbocycles. The van der Waals surface area contributed by atoms with E-state index in [-0.39, 0.29) is 16.9 Å². The largest absolute Gasteiger partial charge is 0.326 e. The number of hydrogen-bond donors (Lipinski definition) is 1. The van der Waals surface area contributed by atoms with E-state index >= 15 is 0 Å². The van der Waals surface area contributed by atoms with Gasteiger partial charge in [0.25, 0.3) is 0 Å². The molecule has 1 heterocycles. The van der Waals surface area contributed by atoms with Crippen molar-refractivity contribution in [2.24, 2.45) is 5.92 Å². The zero-order chi connectivity index (χ0) is 12.4. The highest BCUT2D eigenvalue weighted by atomic mass is 32.2. The maximum absolute atomic E-state index is 11.9. The number of amides is 2. The Morgan fingerprint density at radius 1 is 1.18 bits per heavy atom. The molecule has 2 aliphatic rings. The van der Waals surface area contributed by atoms with Crippen LogP contribution in [0.15, 0.2) is 0 Å². The summed E-state index contributed by atoms with van der Waals surface area (Å²) in [4.78, 5) is 15.9. The zero-order valence-electron chi connectivity index (χ0n) is 11.4. The molecular formula is C13H26N2OS. The van der Waals surface area contributed by atoms with Crippen molar-refractivity contribution >= 4 is 16.9 Å². The third kappa shape index (κ3) is 3.09. The van der Waals surface area contributed by atoms with Crippen molar-refractivity contribution in [3.63, 3.8) is 0 Å². The van der Waals surface area contributed by atoms with Crippen molar-refractivity contribution in [2.75, 3.05) is 38.4 Å². The Morgan fingerprint density at radius 3 is 2.29 bits per heavy atom. The highest BCUT2D eigenvalue weighted by molar-refractivity contribution is 8.15. The van der Waals surface area contributed by atoms with E-state index in [1.54, 1.807) is 0 Å². The topological polar surface area (TPSA) is 23.6 Å². The molecular weight excluding hydrogens is 232 g/mol. The third-order valence-corrected chi connectivity index (χ3v) is 5.38. The van der Waals surface area contributed by atoms with Crippen LogP contribution in [0.4, 0.5) is 4.79 Å². The van der Waals surface area contributed by atoms with Crippen LogP contribution in [0.25, 0.3) is 0 Å². The first-order valence-corrected chi connectivity index (χ1v) is 9.16. The van der Waals surface area contributed by atoms with Gasteiger partial charge in [-0.05, 0) is 49.9 Å². The maximum atomic E-state index is 11.9. The van der Waals surface area contributed by atoms with Crippen molar-refractivity contribution in [1.82, 2.24) is 9.80 Å². The van der Waals surface area contributed by atoms with Crippen molar-refractivity contribution < 1.29 is 4.79 Å². The minimum absolute atomic E-state index is 0.247. The van der Waals surface area contributed by atoms with Crippen LogP contribution in [0, 0.1) is 5.92 Å². The molecule has 3 nitrogen and oxygen atoms in total. The fraction of sp³-hybridized carbons (Fsp3) is 0.923. The molecule has 0 N–H and O–H groups in total. The van der Waals surface area contributed by atoms with Gasteiger partial charge >= 0.3 is 6.03 Å². The van der Waals surface area contributed by atoms with Gasteiger partial charge < -0.3 is 9.80 Å². The molecule has 17 heavy (non-hydrogen) atoms. The predicted octanol–water partition coefficient (Wildman–Crippen LogP) is 2.17. The Hall–Kier alpha value is -0.380. The van der Waals surface area contributed by atoms with Gasteiger partial charge in [0.05, 0.1) is 0 Å². The summed E-state index contributed by atoms with van der Waals surface area (Å²) in [5.41, 5.74) is 0. The molecule has 2 rings (SSSR count). The van der Waals surface area contributed by atoms with Gasteiger partial charge in [0.15, 0.2) is 0 Å². The van der Waals surface area contributed by atoms with Crippen LogP contribution >= 0.6 is 10.9 Å². The second-order valence-corrected chi connectivity index (χ2v) is 8.36. The molecule has 1 saturated heterocycles. The lowest BCUT2D eigenvalue weighted by Crippen LogP contribution is -2.40. The van der Waals surface area contributed by atoms with Gasteiger partial charge in [-0.1, -0.05) is 0 Å². The molecule has 1 saturated carbocycles. The van der Waals surface area contributed by atoms with Crippen LogP contribution < -0.4 is 0 Å². The highest BCUT2D eigenvalue weighted by Crippen LogP contribution is 2.33. The molecule has 4 heteroatoms. The summed E-state index contributed by atoms with van der Waals surface area (Å²) in [6.07, 6.45) is 9.87. The molecule has 0 aromatic rings. The number of rotatable bonds is 3. The summed E-state index contributed by atoms with van der Waals surface area (Å²) >= 11 is 0. The summed E-state index contributed by atoms with van der Waals surface area (Å²) in [7, 11) is 2.16. The van der Waals surface area contributed by atoms with Gasteiger partial charge in [0, 0.05) is 26.2 Å².